The van der Waals surface area contributed by atoms with Crippen molar-refractivity contribution in [3.05, 3.63) is 0 Å². The van der Waals surface area contributed by atoms with Crippen molar-refractivity contribution >= 4 is 5.91 Å². The minimum atomic E-state index is 0.224. The molecule has 2 rings (SSSR count). The molecule has 0 spiro atoms. The van der Waals surface area contributed by atoms with E-state index in [4.69, 9.17) is 4.74 Å². The van der Waals surface area contributed by atoms with Gasteiger partial charge in [-0.2, -0.15) is 0 Å². The zero-order valence-electron chi connectivity index (χ0n) is 13.4. The fourth-order valence-electron chi connectivity index (χ4n) is 3.17. The number of morpholine rings is 1. The predicted octanol–water partition coefficient (Wildman–Crippen LogP) is 0.851. The Hall–Kier alpha value is -0.650. The van der Waals surface area contributed by atoms with Crippen LogP contribution in [0.25, 0.3) is 0 Å². The van der Waals surface area contributed by atoms with Crippen molar-refractivity contribution in [1.29, 1.82) is 0 Å². The Bertz CT molecular complexity index is 300. The summed E-state index contributed by atoms with van der Waals surface area (Å²) in [6.07, 6.45) is 4.18. The minimum Gasteiger partial charge on any atom is -0.379 e. The molecular formula is C16H31N3O2. The number of rotatable bonds is 7. The van der Waals surface area contributed by atoms with Gasteiger partial charge in [0.05, 0.1) is 13.2 Å². The van der Waals surface area contributed by atoms with Gasteiger partial charge in [0.25, 0.3) is 0 Å². The van der Waals surface area contributed by atoms with Crippen molar-refractivity contribution in [3.8, 4) is 0 Å². The lowest BCUT2D eigenvalue weighted by Crippen LogP contribution is -2.41. The lowest BCUT2D eigenvalue weighted by atomic mass is 9.93. The van der Waals surface area contributed by atoms with Crippen LogP contribution in [-0.4, -0.2) is 63.3 Å². The predicted molar refractivity (Wildman–Crippen MR) is 84.3 cm³/mol. The maximum Gasteiger partial charge on any atom is 0.220 e. The highest BCUT2D eigenvalue weighted by Gasteiger charge is 2.16. The number of nitrogens with zero attached hydrogens (tertiary/aromatic N) is 1. The molecule has 1 unspecified atom stereocenters. The van der Waals surface area contributed by atoms with Crippen molar-refractivity contribution < 1.29 is 9.53 Å². The molecule has 0 aromatic carbocycles. The average Bonchev–Trinajstić information content (AvgIpc) is 2.53. The van der Waals surface area contributed by atoms with Crippen molar-refractivity contribution in [2.75, 3.05) is 52.5 Å². The quantitative estimate of drug-likeness (QED) is 0.731. The van der Waals surface area contributed by atoms with E-state index in [9.17, 15) is 4.79 Å². The van der Waals surface area contributed by atoms with E-state index >= 15 is 0 Å². The van der Waals surface area contributed by atoms with Crippen molar-refractivity contribution in [2.45, 2.75) is 32.6 Å². The largest absolute Gasteiger partial charge is 0.379 e. The molecule has 2 saturated heterocycles. The second-order valence-electron chi connectivity index (χ2n) is 6.55. The third kappa shape index (κ3) is 6.76. The summed E-state index contributed by atoms with van der Waals surface area (Å²) in [5.41, 5.74) is 0. The fourth-order valence-corrected chi connectivity index (χ4v) is 3.17. The molecule has 0 radical (unpaired) electrons. The molecule has 1 amide bonds. The summed E-state index contributed by atoms with van der Waals surface area (Å²) in [5, 5.41) is 6.47. The number of hydrogen-bond acceptors (Lipinski definition) is 4. The molecule has 5 heteroatoms. The van der Waals surface area contributed by atoms with Crippen LogP contribution < -0.4 is 10.6 Å². The van der Waals surface area contributed by atoms with Gasteiger partial charge >= 0.3 is 0 Å². The zero-order chi connectivity index (χ0) is 14.9. The van der Waals surface area contributed by atoms with Gasteiger partial charge in [0, 0.05) is 32.6 Å². The van der Waals surface area contributed by atoms with Crippen LogP contribution in [0.4, 0.5) is 0 Å². The standard InChI is InChI=1S/C16H31N3O2/c1-14(13-19-8-10-21-11-9-19)12-18-16(20)3-2-15-4-6-17-7-5-15/h14-15,17H,2-13H2,1H3,(H,18,20). The second kappa shape index (κ2) is 9.38. The highest BCUT2D eigenvalue weighted by Crippen LogP contribution is 2.17. The van der Waals surface area contributed by atoms with Gasteiger partial charge in [0.1, 0.15) is 0 Å². The Kier molecular flexibility index (Phi) is 7.47. The number of amides is 1. The fraction of sp³-hybridized carbons (Fsp3) is 0.938. The van der Waals surface area contributed by atoms with Crippen LogP contribution in [-0.2, 0) is 9.53 Å². The van der Waals surface area contributed by atoms with Gasteiger partial charge in [-0.1, -0.05) is 6.92 Å². The molecule has 122 valence electrons. The summed E-state index contributed by atoms with van der Waals surface area (Å²) >= 11 is 0. The van der Waals surface area contributed by atoms with Crippen LogP contribution in [0.5, 0.6) is 0 Å². The maximum atomic E-state index is 11.9. The van der Waals surface area contributed by atoms with Crippen LogP contribution in [0.2, 0.25) is 0 Å². The SMILES string of the molecule is CC(CNC(=O)CCC1CCNCC1)CN1CCOCC1. The molecule has 0 aliphatic carbocycles. The number of carbonyl (C=O) groups excluding carboxylic acids is 1. The van der Waals surface area contributed by atoms with Crippen LogP contribution in [0.3, 0.4) is 0 Å². The molecule has 2 fully saturated rings. The summed E-state index contributed by atoms with van der Waals surface area (Å²) in [7, 11) is 0. The number of carbonyl (C=O) groups is 1. The maximum absolute atomic E-state index is 11.9. The van der Waals surface area contributed by atoms with E-state index in [-0.39, 0.29) is 5.91 Å². The number of ether oxygens (including phenoxy) is 1. The first-order valence-electron chi connectivity index (χ1n) is 8.51. The van der Waals surface area contributed by atoms with Gasteiger partial charge in [0.15, 0.2) is 0 Å². The first kappa shape index (κ1) is 16.7. The Morgan fingerprint density at radius 3 is 2.76 bits per heavy atom. The number of hydrogen-bond donors (Lipinski definition) is 2. The molecule has 2 aliphatic heterocycles. The molecule has 2 heterocycles. The topological polar surface area (TPSA) is 53.6 Å². The summed E-state index contributed by atoms with van der Waals surface area (Å²) in [4.78, 5) is 14.3. The Balaban J connectivity index is 1.52. The molecular weight excluding hydrogens is 266 g/mol. The molecule has 0 aromatic heterocycles. The summed E-state index contributed by atoms with van der Waals surface area (Å²) < 4.78 is 5.35. The lowest BCUT2D eigenvalue weighted by molar-refractivity contribution is -0.121. The van der Waals surface area contributed by atoms with Gasteiger partial charge < -0.3 is 15.4 Å². The Morgan fingerprint density at radius 1 is 1.33 bits per heavy atom. The van der Waals surface area contributed by atoms with Crippen molar-refractivity contribution in [3.63, 3.8) is 0 Å². The van der Waals surface area contributed by atoms with E-state index in [0.717, 1.165) is 64.8 Å². The second-order valence-corrected chi connectivity index (χ2v) is 6.55. The van der Waals surface area contributed by atoms with Crippen LogP contribution in [0.1, 0.15) is 32.6 Å². The van der Waals surface area contributed by atoms with Gasteiger partial charge in [0.2, 0.25) is 5.91 Å². The monoisotopic (exact) mass is 297 g/mol. The third-order valence-electron chi connectivity index (χ3n) is 4.56. The van der Waals surface area contributed by atoms with E-state index in [1.807, 2.05) is 0 Å². The number of nitrogens with one attached hydrogen (secondary N) is 2. The normalized spacial score (nSPS) is 22.9. The van der Waals surface area contributed by atoms with Gasteiger partial charge in [-0.3, -0.25) is 9.69 Å². The van der Waals surface area contributed by atoms with Gasteiger partial charge in [-0.05, 0) is 44.2 Å². The highest BCUT2D eigenvalue weighted by atomic mass is 16.5. The van der Waals surface area contributed by atoms with E-state index < -0.39 is 0 Å². The average molecular weight is 297 g/mol. The zero-order valence-corrected chi connectivity index (χ0v) is 13.4. The molecule has 21 heavy (non-hydrogen) atoms. The van der Waals surface area contributed by atoms with E-state index in [1.165, 1.54) is 12.8 Å². The Morgan fingerprint density at radius 2 is 2.05 bits per heavy atom. The van der Waals surface area contributed by atoms with E-state index in [1.54, 1.807) is 0 Å². The Labute approximate surface area is 128 Å². The molecule has 2 N–H and O–H groups in total. The van der Waals surface area contributed by atoms with Gasteiger partial charge in [-0.25, -0.2) is 0 Å². The lowest BCUT2D eigenvalue weighted by Gasteiger charge is -2.29. The smallest absolute Gasteiger partial charge is 0.220 e. The summed E-state index contributed by atoms with van der Waals surface area (Å²) in [6, 6.07) is 0. The molecule has 1 atom stereocenters. The van der Waals surface area contributed by atoms with Crippen molar-refractivity contribution in [2.24, 2.45) is 11.8 Å². The minimum absolute atomic E-state index is 0.224. The molecule has 0 saturated carbocycles. The summed E-state index contributed by atoms with van der Waals surface area (Å²) in [6.45, 7) is 10.0. The van der Waals surface area contributed by atoms with Gasteiger partial charge in [-0.15, -0.1) is 0 Å². The highest BCUT2D eigenvalue weighted by molar-refractivity contribution is 5.75. The van der Waals surface area contributed by atoms with Crippen molar-refractivity contribution in [1.82, 2.24) is 15.5 Å². The van der Waals surface area contributed by atoms with Crippen LogP contribution in [0, 0.1) is 11.8 Å². The molecule has 0 bridgehead atoms. The van der Waals surface area contributed by atoms with E-state index in [0.29, 0.717) is 12.3 Å². The molecule has 2 aliphatic rings. The number of piperidine rings is 1. The molecule has 0 aromatic rings. The van der Waals surface area contributed by atoms with Crippen LogP contribution >= 0.6 is 0 Å². The molecule has 5 nitrogen and oxygen atoms in total. The first-order valence-corrected chi connectivity index (χ1v) is 8.51. The van der Waals surface area contributed by atoms with Crippen LogP contribution in [0.15, 0.2) is 0 Å². The summed E-state index contributed by atoms with van der Waals surface area (Å²) in [5.74, 6) is 1.47. The first-order chi connectivity index (χ1) is 10.2. The third-order valence-corrected chi connectivity index (χ3v) is 4.56. The van der Waals surface area contributed by atoms with E-state index in [2.05, 4.69) is 22.5 Å².